The van der Waals surface area contributed by atoms with Crippen LogP contribution in [0, 0.1) is 0 Å². The van der Waals surface area contributed by atoms with Gasteiger partial charge in [0.2, 0.25) is 0 Å². The number of thioether (sulfide) groups is 1. The van der Waals surface area contributed by atoms with E-state index in [1.165, 1.54) is 18.2 Å². The van der Waals surface area contributed by atoms with Crippen molar-refractivity contribution in [1.29, 1.82) is 0 Å². The maximum atomic E-state index is 12.6. The third-order valence-corrected chi connectivity index (χ3v) is 3.89. The van der Waals surface area contributed by atoms with Gasteiger partial charge in [0.15, 0.2) is 0 Å². The average molecular weight is 370 g/mol. The van der Waals surface area contributed by atoms with Gasteiger partial charge in [0, 0.05) is 31.7 Å². The molecule has 0 aliphatic heterocycles. The van der Waals surface area contributed by atoms with Crippen LogP contribution < -0.4 is 15.5 Å². The lowest BCUT2D eigenvalue weighted by Crippen LogP contribution is -2.28. The molecule has 0 unspecified atom stereocenters. The maximum Gasteiger partial charge on any atom is 0.446 e. The zero-order valence-electron chi connectivity index (χ0n) is 13.6. The minimum atomic E-state index is -4.42. The standard InChI is InChI=1S/C16H17F3N4OS/c1-23(2)14-9-11(7-8-20-14)10-21-15(24)22-12-5-3-4-6-13(12)25-16(17,18)19/h3-9H,10H2,1-2H3,(H2,21,22,24). The normalized spacial score (nSPS) is 11.1. The number of hydrogen-bond donors (Lipinski definition) is 2. The number of aromatic nitrogens is 1. The minimum absolute atomic E-state index is 0.0658. The summed E-state index contributed by atoms with van der Waals surface area (Å²) in [4.78, 5) is 17.9. The van der Waals surface area contributed by atoms with E-state index in [9.17, 15) is 18.0 Å². The van der Waals surface area contributed by atoms with Crippen molar-refractivity contribution in [2.75, 3.05) is 24.3 Å². The number of benzene rings is 1. The molecule has 25 heavy (non-hydrogen) atoms. The molecular formula is C16H17F3N4OS. The van der Waals surface area contributed by atoms with Gasteiger partial charge in [-0.3, -0.25) is 0 Å². The Kier molecular flexibility index (Phi) is 6.13. The van der Waals surface area contributed by atoms with Crippen molar-refractivity contribution < 1.29 is 18.0 Å². The number of carbonyl (C=O) groups excluding carboxylic acids is 1. The van der Waals surface area contributed by atoms with E-state index >= 15 is 0 Å². The van der Waals surface area contributed by atoms with Crippen molar-refractivity contribution in [1.82, 2.24) is 10.3 Å². The summed E-state index contributed by atoms with van der Waals surface area (Å²) in [6.45, 7) is 0.226. The fraction of sp³-hybridized carbons (Fsp3) is 0.250. The van der Waals surface area contributed by atoms with Crippen LogP contribution in [0.3, 0.4) is 0 Å². The molecule has 9 heteroatoms. The summed E-state index contributed by atoms with van der Waals surface area (Å²) in [7, 11) is 3.70. The summed E-state index contributed by atoms with van der Waals surface area (Å²) in [6.07, 6.45) is 1.62. The number of alkyl halides is 3. The number of hydrogen-bond acceptors (Lipinski definition) is 4. The Labute approximate surface area is 147 Å². The first-order chi connectivity index (χ1) is 11.7. The molecule has 0 spiro atoms. The van der Waals surface area contributed by atoms with Crippen molar-refractivity contribution in [2.24, 2.45) is 0 Å². The van der Waals surface area contributed by atoms with Gasteiger partial charge < -0.3 is 15.5 Å². The molecule has 0 aliphatic carbocycles. The molecule has 0 bridgehead atoms. The van der Waals surface area contributed by atoms with Crippen LogP contribution >= 0.6 is 11.8 Å². The second-order valence-corrected chi connectivity index (χ2v) is 6.38. The molecule has 0 saturated carbocycles. The molecule has 1 aromatic heterocycles. The van der Waals surface area contributed by atoms with Gasteiger partial charge in [0.25, 0.3) is 0 Å². The van der Waals surface area contributed by atoms with Crippen LogP contribution in [0.15, 0.2) is 47.5 Å². The van der Waals surface area contributed by atoms with E-state index in [0.29, 0.717) is 0 Å². The van der Waals surface area contributed by atoms with Gasteiger partial charge in [0.05, 0.1) is 5.69 Å². The Morgan fingerprint density at radius 1 is 1.24 bits per heavy atom. The number of urea groups is 1. The highest BCUT2D eigenvalue weighted by Crippen LogP contribution is 2.40. The highest BCUT2D eigenvalue weighted by molar-refractivity contribution is 8.00. The molecule has 0 radical (unpaired) electrons. The van der Waals surface area contributed by atoms with E-state index in [0.717, 1.165) is 11.4 Å². The molecular weight excluding hydrogens is 353 g/mol. The molecule has 0 saturated heterocycles. The molecule has 2 amide bonds. The van der Waals surface area contributed by atoms with Crippen LogP contribution in [0.1, 0.15) is 5.56 Å². The van der Waals surface area contributed by atoms with Crippen LogP contribution in [-0.4, -0.2) is 30.6 Å². The van der Waals surface area contributed by atoms with Gasteiger partial charge in [-0.2, -0.15) is 13.2 Å². The molecule has 2 aromatic rings. The van der Waals surface area contributed by atoms with Crippen molar-refractivity contribution in [3.63, 3.8) is 0 Å². The number of rotatable bonds is 5. The van der Waals surface area contributed by atoms with Crippen LogP contribution in [0.25, 0.3) is 0 Å². The molecule has 1 aromatic carbocycles. The van der Waals surface area contributed by atoms with Gasteiger partial charge in [0.1, 0.15) is 5.82 Å². The lowest BCUT2D eigenvalue weighted by atomic mass is 10.2. The quantitative estimate of drug-likeness (QED) is 0.779. The van der Waals surface area contributed by atoms with E-state index in [2.05, 4.69) is 15.6 Å². The predicted octanol–water partition coefficient (Wildman–Crippen LogP) is 4.08. The predicted molar refractivity (Wildman–Crippen MR) is 92.8 cm³/mol. The number of pyridine rings is 1. The number of nitrogens with one attached hydrogen (secondary N) is 2. The molecule has 0 fully saturated rings. The third-order valence-electron chi connectivity index (χ3n) is 3.08. The zero-order chi connectivity index (χ0) is 18.4. The summed E-state index contributed by atoms with van der Waals surface area (Å²) >= 11 is -0.267. The van der Waals surface area contributed by atoms with Gasteiger partial charge in [-0.15, -0.1) is 0 Å². The Bertz CT molecular complexity index is 737. The lowest BCUT2D eigenvalue weighted by molar-refractivity contribution is -0.0328. The fourth-order valence-corrected chi connectivity index (χ4v) is 2.57. The van der Waals surface area contributed by atoms with Crippen molar-refractivity contribution in [2.45, 2.75) is 16.9 Å². The Hall–Kier alpha value is -2.42. The number of para-hydroxylation sites is 1. The van der Waals surface area contributed by atoms with Gasteiger partial charge >= 0.3 is 11.5 Å². The van der Waals surface area contributed by atoms with Gasteiger partial charge in [-0.1, -0.05) is 12.1 Å². The molecule has 2 rings (SSSR count). The fourth-order valence-electron chi connectivity index (χ4n) is 1.95. The smallest absolute Gasteiger partial charge is 0.363 e. The average Bonchev–Trinajstić information content (AvgIpc) is 2.54. The first-order valence-electron chi connectivity index (χ1n) is 7.26. The largest absolute Gasteiger partial charge is 0.446 e. The first-order valence-corrected chi connectivity index (χ1v) is 8.08. The molecule has 0 aliphatic rings. The van der Waals surface area contributed by atoms with Crippen molar-refractivity contribution >= 4 is 29.3 Å². The van der Waals surface area contributed by atoms with Crippen molar-refractivity contribution in [3.05, 3.63) is 48.2 Å². The van der Waals surface area contributed by atoms with E-state index in [4.69, 9.17) is 0 Å². The number of carbonyl (C=O) groups is 1. The molecule has 134 valence electrons. The first kappa shape index (κ1) is 18.9. The zero-order valence-corrected chi connectivity index (χ0v) is 14.4. The third kappa shape index (κ3) is 6.18. The Morgan fingerprint density at radius 2 is 1.96 bits per heavy atom. The monoisotopic (exact) mass is 370 g/mol. The van der Waals surface area contributed by atoms with E-state index in [-0.39, 0.29) is 28.9 Å². The van der Waals surface area contributed by atoms with Crippen molar-refractivity contribution in [3.8, 4) is 0 Å². The van der Waals surface area contributed by atoms with Crippen LogP contribution in [0.4, 0.5) is 29.5 Å². The van der Waals surface area contributed by atoms with Gasteiger partial charge in [-0.05, 0) is 41.6 Å². The summed E-state index contributed by atoms with van der Waals surface area (Å²) in [5.41, 5.74) is -3.49. The lowest BCUT2D eigenvalue weighted by Gasteiger charge is -2.14. The minimum Gasteiger partial charge on any atom is -0.363 e. The number of anilines is 2. The van der Waals surface area contributed by atoms with Crippen LogP contribution in [-0.2, 0) is 6.54 Å². The topological polar surface area (TPSA) is 57.3 Å². The summed E-state index contributed by atoms with van der Waals surface area (Å²) in [5, 5.41) is 5.06. The van der Waals surface area contributed by atoms with E-state index < -0.39 is 11.5 Å². The van der Waals surface area contributed by atoms with Crippen LogP contribution in [0.2, 0.25) is 0 Å². The van der Waals surface area contributed by atoms with Gasteiger partial charge in [-0.25, -0.2) is 9.78 Å². The second kappa shape index (κ2) is 8.11. The number of amides is 2. The molecule has 2 N–H and O–H groups in total. The Balaban J connectivity index is 1.98. The Morgan fingerprint density at radius 3 is 2.64 bits per heavy atom. The number of halogens is 3. The second-order valence-electron chi connectivity index (χ2n) is 5.27. The van der Waals surface area contributed by atoms with E-state index in [1.54, 1.807) is 18.3 Å². The maximum absolute atomic E-state index is 12.6. The summed E-state index contributed by atoms with van der Waals surface area (Å²) in [6, 6.07) is 8.75. The van der Waals surface area contributed by atoms with Crippen LogP contribution in [0.5, 0.6) is 0 Å². The summed E-state index contributed by atoms with van der Waals surface area (Å²) < 4.78 is 37.7. The SMILES string of the molecule is CN(C)c1cc(CNC(=O)Nc2ccccc2SC(F)(F)F)ccn1. The van der Waals surface area contributed by atoms with E-state index in [1.807, 2.05) is 25.1 Å². The highest BCUT2D eigenvalue weighted by Gasteiger charge is 2.30. The summed E-state index contributed by atoms with van der Waals surface area (Å²) in [5.74, 6) is 0.742. The number of nitrogens with zero attached hydrogens (tertiary/aromatic N) is 2. The molecule has 1 heterocycles. The highest BCUT2D eigenvalue weighted by atomic mass is 32.2. The molecule has 5 nitrogen and oxygen atoms in total. The molecule has 0 atom stereocenters.